The van der Waals surface area contributed by atoms with Gasteiger partial charge in [0.2, 0.25) is 0 Å². The second-order valence-corrected chi connectivity index (χ2v) is 7.80. The van der Waals surface area contributed by atoms with Crippen molar-refractivity contribution in [3.8, 4) is 0 Å². The van der Waals surface area contributed by atoms with Gasteiger partial charge in [-0.05, 0) is 23.0 Å². The van der Waals surface area contributed by atoms with E-state index in [-0.39, 0.29) is 24.3 Å². The van der Waals surface area contributed by atoms with Crippen LogP contribution in [-0.4, -0.2) is 47.3 Å². The molecule has 2 amide bonds. The summed E-state index contributed by atoms with van der Waals surface area (Å²) in [5.41, 5.74) is 2.08. The molecule has 2 heterocycles. The largest absolute Gasteiger partial charge is 0.447 e. The normalized spacial score (nSPS) is 23.2. The van der Waals surface area contributed by atoms with E-state index in [2.05, 4.69) is 27.7 Å². The Morgan fingerprint density at radius 1 is 0.846 bits per heavy atom. The average molecular weight is 360 g/mol. The highest BCUT2D eigenvalue weighted by molar-refractivity contribution is 5.71. The summed E-state index contributed by atoms with van der Waals surface area (Å²) in [4.78, 5) is 27.9. The Morgan fingerprint density at radius 2 is 1.23 bits per heavy atom. The van der Waals surface area contributed by atoms with Gasteiger partial charge in [0.15, 0.2) is 0 Å². The second-order valence-electron chi connectivity index (χ2n) is 7.80. The molecule has 0 N–H and O–H groups in total. The van der Waals surface area contributed by atoms with E-state index < -0.39 is 0 Å². The number of carbonyl (C=O) groups is 2. The standard InChI is InChI=1S/C20H28N2O4/c1-13(2)17-11-25-19(23)21(17)9-15-7-5-6-8-16(15)10-22-18(14(3)4)12-26-20(22)24/h5-8,13-14,17-18H,9-12H2,1-4H3/t17-,18-/m1/s1. The predicted octanol–water partition coefficient (Wildman–Crippen LogP) is 3.64. The van der Waals surface area contributed by atoms with E-state index in [0.29, 0.717) is 38.1 Å². The van der Waals surface area contributed by atoms with Crippen LogP contribution in [-0.2, 0) is 22.6 Å². The van der Waals surface area contributed by atoms with Crippen molar-refractivity contribution in [2.45, 2.75) is 52.9 Å². The van der Waals surface area contributed by atoms with Crippen molar-refractivity contribution in [1.82, 2.24) is 9.80 Å². The molecule has 0 unspecified atom stereocenters. The van der Waals surface area contributed by atoms with Gasteiger partial charge in [-0.3, -0.25) is 9.80 Å². The molecule has 0 spiro atoms. The van der Waals surface area contributed by atoms with Gasteiger partial charge in [0.25, 0.3) is 0 Å². The van der Waals surface area contributed by atoms with E-state index >= 15 is 0 Å². The minimum atomic E-state index is -0.265. The average Bonchev–Trinajstić information content (AvgIpc) is 3.13. The Bertz CT molecular complexity index is 617. The lowest BCUT2D eigenvalue weighted by Gasteiger charge is -2.28. The lowest BCUT2D eigenvalue weighted by Crippen LogP contribution is -2.38. The van der Waals surface area contributed by atoms with Crippen LogP contribution in [0.2, 0.25) is 0 Å². The number of ether oxygens (including phenoxy) is 2. The van der Waals surface area contributed by atoms with Crippen molar-refractivity contribution in [3.63, 3.8) is 0 Å². The molecule has 2 saturated heterocycles. The minimum absolute atomic E-state index is 0.0794. The lowest BCUT2D eigenvalue weighted by atomic mass is 10.0. The quantitative estimate of drug-likeness (QED) is 0.777. The fourth-order valence-electron chi connectivity index (χ4n) is 3.63. The zero-order valence-electron chi connectivity index (χ0n) is 16.0. The summed E-state index contributed by atoms with van der Waals surface area (Å²) in [6.07, 6.45) is -0.529. The Kier molecular flexibility index (Phi) is 5.39. The third-order valence-electron chi connectivity index (χ3n) is 5.36. The van der Waals surface area contributed by atoms with Crippen molar-refractivity contribution in [3.05, 3.63) is 35.4 Å². The van der Waals surface area contributed by atoms with Crippen LogP contribution in [0.15, 0.2) is 24.3 Å². The lowest BCUT2D eigenvalue weighted by molar-refractivity contribution is 0.151. The number of nitrogens with zero attached hydrogens (tertiary/aromatic N) is 2. The molecule has 2 aliphatic heterocycles. The SMILES string of the molecule is CC(C)[C@H]1COC(=O)N1Cc1ccccc1CN1C(=O)OC[C@@H]1C(C)C. The number of hydrogen-bond donors (Lipinski definition) is 0. The molecule has 0 aliphatic carbocycles. The first kappa shape index (κ1) is 18.5. The summed E-state index contributed by atoms with van der Waals surface area (Å²) in [5.74, 6) is 0.653. The van der Waals surface area contributed by atoms with E-state index in [9.17, 15) is 9.59 Å². The molecule has 6 nitrogen and oxygen atoms in total. The monoisotopic (exact) mass is 360 g/mol. The van der Waals surface area contributed by atoms with E-state index in [0.717, 1.165) is 11.1 Å². The third-order valence-corrected chi connectivity index (χ3v) is 5.36. The summed E-state index contributed by atoms with van der Waals surface area (Å²) in [7, 11) is 0. The van der Waals surface area contributed by atoms with Gasteiger partial charge >= 0.3 is 12.2 Å². The summed E-state index contributed by atoms with van der Waals surface area (Å²) in [5, 5.41) is 0. The van der Waals surface area contributed by atoms with Crippen molar-refractivity contribution in [2.24, 2.45) is 11.8 Å². The molecule has 1 aromatic rings. The predicted molar refractivity (Wildman–Crippen MR) is 97.5 cm³/mol. The number of hydrogen-bond acceptors (Lipinski definition) is 4. The van der Waals surface area contributed by atoms with Crippen molar-refractivity contribution < 1.29 is 19.1 Å². The van der Waals surface area contributed by atoms with E-state index in [1.807, 2.05) is 24.3 Å². The first-order valence-electron chi connectivity index (χ1n) is 9.32. The van der Waals surface area contributed by atoms with Gasteiger partial charge in [-0.15, -0.1) is 0 Å². The number of rotatable bonds is 6. The van der Waals surface area contributed by atoms with Crippen LogP contribution >= 0.6 is 0 Å². The van der Waals surface area contributed by atoms with Crippen LogP contribution in [0.4, 0.5) is 9.59 Å². The Hall–Kier alpha value is -2.24. The highest BCUT2D eigenvalue weighted by atomic mass is 16.6. The van der Waals surface area contributed by atoms with Crippen LogP contribution < -0.4 is 0 Å². The molecule has 26 heavy (non-hydrogen) atoms. The minimum Gasteiger partial charge on any atom is -0.447 e. The molecular weight excluding hydrogens is 332 g/mol. The summed E-state index contributed by atoms with van der Waals surface area (Å²) < 4.78 is 10.5. The molecule has 142 valence electrons. The molecule has 3 rings (SSSR count). The van der Waals surface area contributed by atoms with Gasteiger partial charge in [-0.25, -0.2) is 9.59 Å². The molecule has 2 fully saturated rings. The van der Waals surface area contributed by atoms with Crippen molar-refractivity contribution in [2.75, 3.05) is 13.2 Å². The summed E-state index contributed by atoms with van der Waals surface area (Å²) >= 11 is 0. The van der Waals surface area contributed by atoms with Crippen LogP contribution in [0.25, 0.3) is 0 Å². The smallest absolute Gasteiger partial charge is 0.410 e. The maximum atomic E-state index is 12.2. The Labute approximate surface area is 155 Å². The molecule has 0 radical (unpaired) electrons. The number of carbonyl (C=O) groups excluding carboxylic acids is 2. The molecule has 0 bridgehead atoms. The molecule has 2 aliphatic rings. The zero-order valence-corrected chi connectivity index (χ0v) is 16.0. The van der Waals surface area contributed by atoms with Crippen LogP contribution in [0.1, 0.15) is 38.8 Å². The zero-order chi connectivity index (χ0) is 18.8. The van der Waals surface area contributed by atoms with Crippen molar-refractivity contribution >= 4 is 12.2 Å². The fraction of sp³-hybridized carbons (Fsp3) is 0.600. The van der Waals surface area contributed by atoms with Gasteiger partial charge in [0, 0.05) is 13.1 Å². The molecule has 0 saturated carbocycles. The fourth-order valence-corrected chi connectivity index (χ4v) is 3.63. The highest BCUT2D eigenvalue weighted by Gasteiger charge is 2.37. The molecule has 6 heteroatoms. The Morgan fingerprint density at radius 3 is 1.58 bits per heavy atom. The van der Waals surface area contributed by atoms with Gasteiger partial charge in [0.05, 0.1) is 12.1 Å². The number of benzene rings is 1. The topological polar surface area (TPSA) is 59.1 Å². The van der Waals surface area contributed by atoms with E-state index in [1.165, 1.54) is 0 Å². The van der Waals surface area contributed by atoms with Gasteiger partial charge in [-0.2, -0.15) is 0 Å². The third kappa shape index (κ3) is 3.64. The molecule has 2 atom stereocenters. The van der Waals surface area contributed by atoms with Crippen LogP contribution in [0, 0.1) is 11.8 Å². The first-order chi connectivity index (χ1) is 12.4. The van der Waals surface area contributed by atoms with Crippen LogP contribution in [0.5, 0.6) is 0 Å². The number of cyclic esters (lactones) is 2. The van der Waals surface area contributed by atoms with Gasteiger partial charge in [-0.1, -0.05) is 52.0 Å². The number of amides is 2. The maximum absolute atomic E-state index is 12.2. The summed E-state index contributed by atoms with van der Waals surface area (Å²) in [6.45, 7) is 10.2. The molecule has 0 aromatic heterocycles. The molecular formula is C20H28N2O4. The first-order valence-corrected chi connectivity index (χ1v) is 9.32. The Balaban J connectivity index is 1.80. The van der Waals surface area contributed by atoms with Gasteiger partial charge < -0.3 is 9.47 Å². The maximum Gasteiger partial charge on any atom is 0.410 e. The van der Waals surface area contributed by atoms with Gasteiger partial charge in [0.1, 0.15) is 13.2 Å². The molecule has 1 aromatic carbocycles. The highest BCUT2D eigenvalue weighted by Crippen LogP contribution is 2.26. The second kappa shape index (κ2) is 7.56. The van der Waals surface area contributed by atoms with Crippen molar-refractivity contribution in [1.29, 1.82) is 0 Å². The van der Waals surface area contributed by atoms with E-state index in [4.69, 9.17) is 9.47 Å². The van der Waals surface area contributed by atoms with E-state index in [1.54, 1.807) is 9.80 Å². The van der Waals surface area contributed by atoms with Crippen LogP contribution in [0.3, 0.4) is 0 Å². The summed E-state index contributed by atoms with van der Waals surface area (Å²) in [6, 6.07) is 8.12.